The summed E-state index contributed by atoms with van der Waals surface area (Å²) >= 11 is 0. The first kappa shape index (κ1) is 12.9. The van der Waals surface area contributed by atoms with Crippen LogP contribution in [0, 0.1) is 0 Å². The minimum Gasteiger partial charge on any atom is -0.390 e. The summed E-state index contributed by atoms with van der Waals surface area (Å²) in [5.74, 6) is 0.843. The van der Waals surface area contributed by atoms with Crippen LogP contribution in [0.1, 0.15) is 12.1 Å². The Morgan fingerprint density at radius 1 is 1.12 bits per heavy atom. The highest BCUT2D eigenvalue weighted by atomic mass is 16.3. The number of aromatic nitrogens is 2. The predicted molar refractivity (Wildman–Crippen MR) is 64.4 cm³/mol. The van der Waals surface area contributed by atoms with Crippen LogP contribution in [0.3, 0.4) is 0 Å². The third kappa shape index (κ3) is 4.12. The third-order valence-electron chi connectivity index (χ3n) is 2.34. The lowest BCUT2D eigenvalue weighted by atomic mass is 10.3. The molecule has 0 aliphatic carbocycles. The highest BCUT2D eigenvalue weighted by molar-refractivity contribution is 5.34. The van der Waals surface area contributed by atoms with E-state index < -0.39 is 0 Å². The number of rotatable bonds is 6. The van der Waals surface area contributed by atoms with Crippen molar-refractivity contribution in [2.45, 2.75) is 13.0 Å². The zero-order valence-corrected chi connectivity index (χ0v) is 10.2. The van der Waals surface area contributed by atoms with E-state index in [1.54, 1.807) is 12.4 Å². The molecule has 0 aliphatic rings. The van der Waals surface area contributed by atoms with Gasteiger partial charge in [-0.2, -0.15) is 0 Å². The Bertz CT molecular complexity index is 299. The maximum atomic E-state index is 8.85. The van der Waals surface area contributed by atoms with Crippen LogP contribution >= 0.6 is 0 Å². The molecule has 0 aliphatic heterocycles. The Balaban J connectivity index is 2.43. The molecule has 0 saturated carbocycles. The van der Waals surface area contributed by atoms with E-state index in [-0.39, 0.29) is 6.61 Å². The van der Waals surface area contributed by atoms with Gasteiger partial charge in [-0.25, -0.2) is 4.98 Å². The second kappa shape index (κ2) is 6.40. The minimum absolute atomic E-state index is 0.0579. The largest absolute Gasteiger partial charge is 0.390 e. The van der Waals surface area contributed by atoms with Gasteiger partial charge in [-0.1, -0.05) is 0 Å². The first-order valence-electron chi connectivity index (χ1n) is 5.41. The number of aliphatic hydroxyl groups is 1. The molecular formula is C11H20N4O. The molecule has 1 aromatic rings. The Labute approximate surface area is 96.7 Å². The normalized spacial score (nSPS) is 10.8. The Kier molecular flexibility index (Phi) is 5.14. The number of hydrogen-bond donors (Lipinski definition) is 1. The second-order valence-corrected chi connectivity index (χ2v) is 4.10. The van der Waals surface area contributed by atoms with E-state index in [9.17, 15) is 0 Å². The van der Waals surface area contributed by atoms with Gasteiger partial charge in [0.15, 0.2) is 0 Å². The topological polar surface area (TPSA) is 52.5 Å². The summed E-state index contributed by atoms with van der Waals surface area (Å²) in [4.78, 5) is 12.6. The van der Waals surface area contributed by atoms with E-state index in [1.807, 2.05) is 7.05 Å². The van der Waals surface area contributed by atoms with Gasteiger partial charge in [0.25, 0.3) is 0 Å². The first-order valence-corrected chi connectivity index (χ1v) is 5.41. The summed E-state index contributed by atoms with van der Waals surface area (Å²) in [5.41, 5.74) is 0.602. The zero-order chi connectivity index (χ0) is 12.0. The van der Waals surface area contributed by atoms with Gasteiger partial charge < -0.3 is 14.9 Å². The van der Waals surface area contributed by atoms with Crippen LogP contribution in [-0.2, 0) is 6.61 Å². The molecule has 16 heavy (non-hydrogen) atoms. The van der Waals surface area contributed by atoms with Crippen LogP contribution in [0.15, 0.2) is 12.4 Å². The lowest BCUT2D eigenvalue weighted by molar-refractivity contribution is 0.276. The van der Waals surface area contributed by atoms with Crippen molar-refractivity contribution in [3.63, 3.8) is 0 Å². The molecule has 0 amide bonds. The summed E-state index contributed by atoms with van der Waals surface area (Å²) in [6, 6.07) is 0. The van der Waals surface area contributed by atoms with Crippen molar-refractivity contribution in [2.75, 3.05) is 39.1 Å². The van der Waals surface area contributed by atoms with Gasteiger partial charge in [0.05, 0.1) is 24.7 Å². The number of nitrogens with zero attached hydrogens (tertiary/aromatic N) is 4. The quantitative estimate of drug-likeness (QED) is 0.756. The van der Waals surface area contributed by atoms with E-state index in [0.717, 1.165) is 25.3 Å². The van der Waals surface area contributed by atoms with Gasteiger partial charge in [-0.15, -0.1) is 0 Å². The van der Waals surface area contributed by atoms with Gasteiger partial charge in [-0.3, -0.25) is 4.98 Å². The zero-order valence-electron chi connectivity index (χ0n) is 10.2. The van der Waals surface area contributed by atoms with Crippen molar-refractivity contribution in [1.29, 1.82) is 0 Å². The van der Waals surface area contributed by atoms with Crippen molar-refractivity contribution in [1.82, 2.24) is 14.9 Å². The van der Waals surface area contributed by atoms with Crippen molar-refractivity contribution >= 4 is 5.82 Å². The molecule has 1 heterocycles. The lowest BCUT2D eigenvalue weighted by Gasteiger charge is -2.19. The molecule has 0 spiro atoms. The third-order valence-corrected chi connectivity index (χ3v) is 2.34. The minimum atomic E-state index is -0.0579. The monoisotopic (exact) mass is 224 g/mol. The SMILES string of the molecule is CN(C)CCCN(C)c1cnc(CO)cn1. The van der Waals surface area contributed by atoms with Crippen LogP contribution in [0.4, 0.5) is 5.82 Å². The molecule has 90 valence electrons. The Hall–Kier alpha value is -1.20. The fourth-order valence-corrected chi connectivity index (χ4v) is 1.37. The van der Waals surface area contributed by atoms with Gasteiger partial charge in [0, 0.05) is 13.6 Å². The number of aliphatic hydroxyl groups excluding tert-OH is 1. The van der Waals surface area contributed by atoms with Crippen LogP contribution in [0.25, 0.3) is 0 Å². The molecule has 1 N–H and O–H groups in total. The molecule has 0 fully saturated rings. The van der Waals surface area contributed by atoms with Gasteiger partial charge >= 0.3 is 0 Å². The van der Waals surface area contributed by atoms with Crippen LogP contribution in [-0.4, -0.2) is 54.2 Å². The highest BCUT2D eigenvalue weighted by Crippen LogP contribution is 2.07. The van der Waals surface area contributed by atoms with Crippen LogP contribution < -0.4 is 4.90 Å². The van der Waals surface area contributed by atoms with Crippen molar-refractivity contribution < 1.29 is 5.11 Å². The Morgan fingerprint density at radius 2 is 1.88 bits per heavy atom. The summed E-state index contributed by atoms with van der Waals surface area (Å²) in [6.45, 7) is 1.95. The molecule has 0 unspecified atom stereocenters. The van der Waals surface area contributed by atoms with E-state index in [2.05, 4.69) is 33.9 Å². The molecule has 0 saturated heterocycles. The molecule has 5 nitrogen and oxygen atoms in total. The molecule has 0 bridgehead atoms. The first-order chi connectivity index (χ1) is 7.63. The van der Waals surface area contributed by atoms with Gasteiger partial charge in [0.1, 0.15) is 5.82 Å². The summed E-state index contributed by atoms with van der Waals surface area (Å²) in [7, 11) is 6.13. The van der Waals surface area contributed by atoms with Crippen LogP contribution in [0.5, 0.6) is 0 Å². The number of anilines is 1. The fraction of sp³-hybridized carbons (Fsp3) is 0.636. The Morgan fingerprint density at radius 3 is 2.38 bits per heavy atom. The smallest absolute Gasteiger partial charge is 0.146 e. The number of hydrogen-bond acceptors (Lipinski definition) is 5. The molecule has 0 radical (unpaired) electrons. The maximum Gasteiger partial charge on any atom is 0.146 e. The standard InChI is InChI=1S/C11H20N4O/c1-14(2)5-4-6-15(3)11-8-12-10(9-16)7-13-11/h7-8,16H,4-6,9H2,1-3H3. The highest BCUT2D eigenvalue weighted by Gasteiger charge is 2.03. The average Bonchev–Trinajstić information content (AvgIpc) is 2.28. The van der Waals surface area contributed by atoms with Crippen molar-refractivity contribution in [2.24, 2.45) is 0 Å². The van der Waals surface area contributed by atoms with E-state index >= 15 is 0 Å². The van der Waals surface area contributed by atoms with E-state index in [4.69, 9.17) is 5.11 Å². The molecule has 0 atom stereocenters. The van der Waals surface area contributed by atoms with Crippen LogP contribution in [0.2, 0.25) is 0 Å². The van der Waals surface area contributed by atoms with Crippen molar-refractivity contribution in [3.05, 3.63) is 18.1 Å². The summed E-state index contributed by atoms with van der Waals surface area (Å²) in [5, 5.41) is 8.85. The fourth-order valence-electron chi connectivity index (χ4n) is 1.37. The second-order valence-electron chi connectivity index (χ2n) is 4.10. The summed E-state index contributed by atoms with van der Waals surface area (Å²) < 4.78 is 0. The predicted octanol–water partition coefficient (Wildman–Crippen LogP) is 0.357. The molecule has 1 rings (SSSR count). The van der Waals surface area contributed by atoms with Crippen molar-refractivity contribution in [3.8, 4) is 0 Å². The molecule has 0 aromatic carbocycles. The van der Waals surface area contributed by atoms with E-state index in [1.165, 1.54) is 0 Å². The van der Waals surface area contributed by atoms with Gasteiger partial charge in [0.2, 0.25) is 0 Å². The average molecular weight is 224 g/mol. The maximum absolute atomic E-state index is 8.85. The molecule has 1 aromatic heterocycles. The van der Waals surface area contributed by atoms with Gasteiger partial charge in [-0.05, 0) is 27.1 Å². The lowest BCUT2D eigenvalue weighted by Crippen LogP contribution is -2.24. The molecular weight excluding hydrogens is 204 g/mol. The summed E-state index contributed by atoms with van der Waals surface area (Å²) in [6.07, 6.45) is 4.39. The van der Waals surface area contributed by atoms with E-state index in [0.29, 0.717) is 5.69 Å². The molecule has 5 heteroatoms.